The van der Waals surface area contributed by atoms with Crippen molar-refractivity contribution in [2.45, 2.75) is 26.7 Å². The first-order valence-corrected chi connectivity index (χ1v) is 7.36. The van der Waals surface area contributed by atoms with Gasteiger partial charge in [0.1, 0.15) is 5.75 Å². The van der Waals surface area contributed by atoms with E-state index in [0.29, 0.717) is 23.8 Å². The Balaban J connectivity index is 2.45. The van der Waals surface area contributed by atoms with E-state index in [9.17, 15) is 4.79 Å². The fourth-order valence-electron chi connectivity index (χ4n) is 1.91. The summed E-state index contributed by atoms with van der Waals surface area (Å²) in [5.74, 6) is 1.11. The van der Waals surface area contributed by atoms with Gasteiger partial charge >= 0.3 is 0 Å². The zero-order valence-electron chi connectivity index (χ0n) is 11.5. The molecule has 0 aliphatic carbocycles. The Kier molecular flexibility index (Phi) is 4.38. The van der Waals surface area contributed by atoms with Crippen LogP contribution in [0.25, 0.3) is 0 Å². The van der Waals surface area contributed by atoms with Gasteiger partial charge in [0.25, 0.3) is 0 Å². The van der Waals surface area contributed by atoms with Crippen molar-refractivity contribution in [2.24, 2.45) is 0 Å². The monoisotopic (exact) mass is 274 g/mol. The van der Waals surface area contributed by atoms with Crippen LogP contribution in [0.15, 0.2) is 35.7 Å². The van der Waals surface area contributed by atoms with Gasteiger partial charge in [-0.1, -0.05) is 26.0 Å². The molecule has 0 radical (unpaired) electrons. The summed E-state index contributed by atoms with van der Waals surface area (Å²) in [6.07, 6.45) is 0. The molecule has 0 saturated heterocycles. The molecule has 0 spiro atoms. The number of carbonyl (C=O) groups excluding carboxylic acids is 1. The van der Waals surface area contributed by atoms with Crippen molar-refractivity contribution in [2.75, 3.05) is 6.61 Å². The van der Waals surface area contributed by atoms with Crippen LogP contribution in [0.5, 0.6) is 5.75 Å². The van der Waals surface area contributed by atoms with Crippen LogP contribution in [-0.4, -0.2) is 12.4 Å². The molecule has 2 rings (SSSR count). The summed E-state index contributed by atoms with van der Waals surface area (Å²) in [4.78, 5) is 13.3. The minimum atomic E-state index is 0.0425. The third kappa shape index (κ3) is 3.04. The van der Waals surface area contributed by atoms with Gasteiger partial charge in [0.2, 0.25) is 5.78 Å². The summed E-state index contributed by atoms with van der Waals surface area (Å²) in [7, 11) is 0. The number of thiophene rings is 1. The molecule has 3 heteroatoms. The Morgan fingerprint density at radius 2 is 2.11 bits per heavy atom. The molecule has 0 fully saturated rings. The fourth-order valence-corrected chi connectivity index (χ4v) is 2.58. The number of rotatable bonds is 5. The van der Waals surface area contributed by atoms with Crippen LogP contribution < -0.4 is 4.74 Å². The molecule has 1 aromatic carbocycles. The molecule has 0 aliphatic heterocycles. The van der Waals surface area contributed by atoms with E-state index in [1.165, 1.54) is 11.3 Å². The summed E-state index contributed by atoms with van der Waals surface area (Å²) in [6, 6.07) is 9.63. The molecule has 1 aromatic heterocycles. The molecule has 100 valence electrons. The molecule has 0 amide bonds. The van der Waals surface area contributed by atoms with Gasteiger partial charge in [-0.25, -0.2) is 0 Å². The maximum Gasteiger partial charge on any atom is 0.206 e. The van der Waals surface area contributed by atoms with Crippen molar-refractivity contribution in [3.05, 3.63) is 51.7 Å². The Morgan fingerprint density at radius 3 is 2.68 bits per heavy atom. The Hall–Kier alpha value is -1.61. The maximum absolute atomic E-state index is 12.5. The Labute approximate surface area is 118 Å². The van der Waals surface area contributed by atoms with Gasteiger partial charge in [0, 0.05) is 0 Å². The number of ketones is 1. The van der Waals surface area contributed by atoms with Gasteiger partial charge in [0.15, 0.2) is 0 Å². The average Bonchev–Trinajstić information content (AvgIpc) is 2.92. The van der Waals surface area contributed by atoms with Crippen LogP contribution in [0.1, 0.15) is 47.5 Å². The van der Waals surface area contributed by atoms with Crippen LogP contribution >= 0.6 is 11.3 Å². The normalized spacial score (nSPS) is 10.7. The Morgan fingerprint density at radius 1 is 1.32 bits per heavy atom. The van der Waals surface area contributed by atoms with Gasteiger partial charge in [-0.3, -0.25) is 4.79 Å². The van der Waals surface area contributed by atoms with E-state index < -0.39 is 0 Å². The summed E-state index contributed by atoms with van der Waals surface area (Å²) < 4.78 is 5.57. The first-order chi connectivity index (χ1) is 9.13. The lowest BCUT2D eigenvalue weighted by atomic mass is 9.98. The lowest BCUT2D eigenvalue weighted by molar-refractivity contribution is 0.103. The van der Waals surface area contributed by atoms with Gasteiger partial charge in [-0.15, -0.1) is 11.3 Å². The zero-order valence-corrected chi connectivity index (χ0v) is 12.3. The molecule has 1 heterocycles. The van der Waals surface area contributed by atoms with Gasteiger partial charge in [-0.05, 0) is 42.0 Å². The quantitative estimate of drug-likeness (QED) is 0.750. The average molecular weight is 274 g/mol. The summed E-state index contributed by atoms with van der Waals surface area (Å²) in [6.45, 7) is 6.73. The van der Waals surface area contributed by atoms with E-state index in [-0.39, 0.29) is 5.78 Å². The first-order valence-electron chi connectivity index (χ1n) is 6.48. The largest absolute Gasteiger partial charge is 0.493 e. The smallest absolute Gasteiger partial charge is 0.206 e. The molecule has 0 N–H and O–H groups in total. The number of carbonyl (C=O) groups is 1. The predicted octanol–water partition coefficient (Wildman–Crippen LogP) is 4.50. The number of hydrogen-bond donors (Lipinski definition) is 0. The van der Waals surface area contributed by atoms with Crippen LogP contribution in [-0.2, 0) is 0 Å². The SMILES string of the molecule is CCOc1ccc(C(C)C)cc1C(=O)c1cccs1. The second-order valence-corrected chi connectivity index (χ2v) is 5.60. The standard InChI is InChI=1S/C16H18O2S/c1-4-18-14-8-7-12(11(2)3)10-13(14)16(17)15-6-5-9-19-15/h5-11H,4H2,1-3H3. The molecule has 19 heavy (non-hydrogen) atoms. The molecule has 2 nitrogen and oxygen atoms in total. The third-order valence-corrected chi connectivity index (χ3v) is 3.83. The van der Waals surface area contributed by atoms with Crippen molar-refractivity contribution < 1.29 is 9.53 Å². The number of ether oxygens (including phenoxy) is 1. The topological polar surface area (TPSA) is 26.3 Å². The summed E-state index contributed by atoms with van der Waals surface area (Å²) in [5, 5.41) is 1.92. The Bertz CT molecular complexity index is 556. The van der Waals surface area contributed by atoms with E-state index in [4.69, 9.17) is 4.74 Å². The molecule has 2 aromatic rings. The minimum Gasteiger partial charge on any atom is -0.493 e. The van der Waals surface area contributed by atoms with Crippen LogP contribution in [0.4, 0.5) is 0 Å². The highest BCUT2D eigenvalue weighted by Gasteiger charge is 2.17. The molecule has 0 saturated carbocycles. The molecule has 0 atom stereocenters. The highest BCUT2D eigenvalue weighted by molar-refractivity contribution is 7.12. The molecular weight excluding hydrogens is 256 g/mol. The summed E-state index contributed by atoms with van der Waals surface area (Å²) >= 11 is 1.46. The molecule has 0 aliphatic rings. The van der Waals surface area contributed by atoms with E-state index in [1.54, 1.807) is 0 Å². The van der Waals surface area contributed by atoms with Gasteiger partial charge in [-0.2, -0.15) is 0 Å². The van der Waals surface area contributed by atoms with E-state index in [2.05, 4.69) is 13.8 Å². The summed E-state index contributed by atoms with van der Waals surface area (Å²) in [5.41, 5.74) is 1.82. The lowest BCUT2D eigenvalue weighted by Gasteiger charge is -2.12. The molecule has 0 unspecified atom stereocenters. The van der Waals surface area contributed by atoms with E-state index in [1.807, 2.05) is 42.6 Å². The number of benzene rings is 1. The third-order valence-electron chi connectivity index (χ3n) is 2.96. The van der Waals surface area contributed by atoms with Gasteiger partial charge < -0.3 is 4.74 Å². The molecule has 0 bridgehead atoms. The first kappa shape index (κ1) is 13.8. The van der Waals surface area contributed by atoms with E-state index in [0.717, 1.165) is 10.4 Å². The minimum absolute atomic E-state index is 0.0425. The van der Waals surface area contributed by atoms with Crippen LogP contribution in [0.3, 0.4) is 0 Å². The van der Waals surface area contributed by atoms with Crippen molar-refractivity contribution in [1.29, 1.82) is 0 Å². The fraction of sp³-hybridized carbons (Fsp3) is 0.312. The highest BCUT2D eigenvalue weighted by Crippen LogP contribution is 2.27. The zero-order chi connectivity index (χ0) is 13.8. The van der Waals surface area contributed by atoms with Crippen molar-refractivity contribution in [1.82, 2.24) is 0 Å². The van der Waals surface area contributed by atoms with Crippen molar-refractivity contribution >= 4 is 17.1 Å². The van der Waals surface area contributed by atoms with Crippen LogP contribution in [0.2, 0.25) is 0 Å². The van der Waals surface area contributed by atoms with Crippen LogP contribution in [0, 0.1) is 0 Å². The lowest BCUT2D eigenvalue weighted by Crippen LogP contribution is -2.05. The van der Waals surface area contributed by atoms with Crippen molar-refractivity contribution in [3.8, 4) is 5.75 Å². The second-order valence-electron chi connectivity index (χ2n) is 4.65. The predicted molar refractivity (Wildman–Crippen MR) is 79.5 cm³/mol. The highest BCUT2D eigenvalue weighted by atomic mass is 32.1. The molecular formula is C16H18O2S. The maximum atomic E-state index is 12.5. The number of hydrogen-bond acceptors (Lipinski definition) is 3. The van der Waals surface area contributed by atoms with Gasteiger partial charge in [0.05, 0.1) is 17.0 Å². The second kappa shape index (κ2) is 6.02. The van der Waals surface area contributed by atoms with E-state index >= 15 is 0 Å². The van der Waals surface area contributed by atoms with Crippen molar-refractivity contribution in [3.63, 3.8) is 0 Å².